The molecule has 0 fully saturated rings. The van der Waals surface area contributed by atoms with Crippen LogP contribution in [-0.4, -0.2) is 28.3 Å². The summed E-state index contributed by atoms with van der Waals surface area (Å²) in [6, 6.07) is 14.7. The molecule has 0 aliphatic heterocycles. The van der Waals surface area contributed by atoms with E-state index in [1.807, 2.05) is 30.5 Å². The Labute approximate surface area is 172 Å². The summed E-state index contributed by atoms with van der Waals surface area (Å²) in [7, 11) is 0. The molecule has 4 rings (SSSR count). The molecule has 3 heterocycles. The number of furan rings is 1. The quantitative estimate of drug-likeness (QED) is 0.415. The lowest BCUT2D eigenvalue weighted by Gasteiger charge is -2.10. The Morgan fingerprint density at radius 3 is 2.80 bits per heavy atom. The topological polar surface area (TPSA) is 100 Å². The highest BCUT2D eigenvalue weighted by molar-refractivity contribution is 6.04. The summed E-state index contributed by atoms with van der Waals surface area (Å²) in [6.45, 7) is 0.418. The van der Waals surface area contributed by atoms with E-state index < -0.39 is 11.8 Å². The SMILES string of the molecule is O=C(NCCc1c[nH]c2ccccc12)C(=Cc1cccnc1)NC(=O)c1ccco1. The van der Waals surface area contributed by atoms with Crippen LogP contribution in [-0.2, 0) is 11.2 Å². The minimum atomic E-state index is -0.498. The molecule has 3 N–H and O–H groups in total. The van der Waals surface area contributed by atoms with Crippen LogP contribution in [0.3, 0.4) is 0 Å². The highest BCUT2D eigenvalue weighted by Gasteiger charge is 2.16. The van der Waals surface area contributed by atoms with E-state index in [0.29, 0.717) is 18.5 Å². The molecule has 0 atom stereocenters. The van der Waals surface area contributed by atoms with Crippen molar-refractivity contribution in [3.8, 4) is 0 Å². The summed E-state index contributed by atoms with van der Waals surface area (Å²) in [5.74, 6) is -0.765. The average Bonchev–Trinajstić information content (AvgIpc) is 3.45. The number of aromatic nitrogens is 2. The number of pyridine rings is 1. The second-order valence-electron chi connectivity index (χ2n) is 6.64. The van der Waals surface area contributed by atoms with Crippen molar-refractivity contribution in [2.24, 2.45) is 0 Å². The first-order chi connectivity index (χ1) is 14.7. The number of para-hydroxylation sites is 1. The maximum absolute atomic E-state index is 12.8. The molecule has 0 bridgehead atoms. The van der Waals surface area contributed by atoms with Crippen LogP contribution in [0.5, 0.6) is 0 Å². The number of nitrogens with zero attached hydrogens (tertiary/aromatic N) is 1. The zero-order valence-corrected chi connectivity index (χ0v) is 16.1. The first-order valence-electron chi connectivity index (χ1n) is 9.50. The Bertz CT molecular complexity index is 1180. The van der Waals surface area contributed by atoms with Crippen LogP contribution >= 0.6 is 0 Å². The fraction of sp³-hybridized carbons (Fsp3) is 0.0870. The van der Waals surface area contributed by atoms with E-state index in [1.54, 1.807) is 36.7 Å². The summed E-state index contributed by atoms with van der Waals surface area (Å²) < 4.78 is 5.11. The average molecular weight is 400 g/mol. The number of H-pyrrole nitrogens is 1. The molecular formula is C23H20N4O3. The fourth-order valence-electron chi connectivity index (χ4n) is 3.12. The number of fused-ring (bicyclic) bond motifs is 1. The van der Waals surface area contributed by atoms with Crippen molar-refractivity contribution in [2.45, 2.75) is 6.42 Å². The lowest BCUT2D eigenvalue weighted by Crippen LogP contribution is -2.35. The number of rotatable bonds is 7. The van der Waals surface area contributed by atoms with Gasteiger partial charge in [-0.25, -0.2) is 0 Å². The second-order valence-corrected chi connectivity index (χ2v) is 6.64. The number of benzene rings is 1. The second kappa shape index (κ2) is 8.91. The van der Waals surface area contributed by atoms with Crippen molar-refractivity contribution < 1.29 is 14.0 Å². The number of carbonyl (C=O) groups excluding carboxylic acids is 2. The molecule has 0 saturated heterocycles. The summed E-state index contributed by atoms with van der Waals surface area (Å²) in [4.78, 5) is 32.4. The molecule has 7 nitrogen and oxygen atoms in total. The number of hydrogen-bond acceptors (Lipinski definition) is 4. The molecule has 4 aromatic rings. The van der Waals surface area contributed by atoms with Gasteiger partial charge >= 0.3 is 0 Å². The smallest absolute Gasteiger partial charge is 0.291 e. The third-order valence-corrected chi connectivity index (χ3v) is 4.59. The normalized spacial score (nSPS) is 11.4. The van der Waals surface area contributed by atoms with Crippen LogP contribution < -0.4 is 10.6 Å². The lowest BCUT2D eigenvalue weighted by molar-refractivity contribution is -0.117. The van der Waals surface area contributed by atoms with Gasteiger partial charge < -0.3 is 20.0 Å². The molecule has 0 saturated carbocycles. The van der Waals surface area contributed by atoms with Gasteiger partial charge in [-0.1, -0.05) is 24.3 Å². The molecule has 3 aromatic heterocycles. The monoisotopic (exact) mass is 400 g/mol. The van der Waals surface area contributed by atoms with Gasteiger partial charge in [0.2, 0.25) is 0 Å². The summed E-state index contributed by atoms with van der Waals surface area (Å²) in [5.41, 5.74) is 2.98. The molecule has 150 valence electrons. The standard InChI is InChI=1S/C23H20N4O3/c28-22(25-11-9-17-15-26-19-7-2-1-6-18(17)19)20(13-16-5-3-10-24-14-16)27-23(29)21-8-4-12-30-21/h1-8,10,12-15,26H,9,11H2,(H,25,28)(H,27,29). The third kappa shape index (κ3) is 4.47. The van der Waals surface area contributed by atoms with Crippen LogP contribution in [0.25, 0.3) is 17.0 Å². The predicted molar refractivity (Wildman–Crippen MR) is 113 cm³/mol. The zero-order chi connectivity index (χ0) is 20.8. The molecule has 7 heteroatoms. The largest absolute Gasteiger partial charge is 0.459 e. The van der Waals surface area contributed by atoms with Crippen LogP contribution in [0.1, 0.15) is 21.7 Å². The Morgan fingerprint density at radius 1 is 1.10 bits per heavy atom. The van der Waals surface area contributed by atoms with Crippen molar-refractivity contribution in [3.05, 3.63) is 96.0 Å². The van der Waals surface area contributed by atoms with Gasteiger partial charge in [-0.05, 0) is 47.9 Å². The number of nitrogens with one attached hydrogen (secondary N) is 3. The Kier molecular flexibility index (Phi) is 5.70. The van der Waals surface area contributed by atoms with E-state index in [-0.39, 0.29) is 11.5 Å². The maximum atomic E-state index is 12.8. The fourth-order valence-corrected chi connectivity index (χ4v) is 3.12. The van der Waals surface area contributed by atoms with E-state index >= 15 is 0 Å². The van der Waals surface area contributed by atoms with E-state index in [0.717, 1.165) is 16.5 Å². The first kappa shape index (κ1) is 19.2. The minimum Gasteiger partial charge on any atom is -0.459 e. The Balaban J connectivity index is 1.46. The molecule has 0 aliphatic carbocycles. The molecule has 0 aliphatic rings. The maximum Gasteiger partial charge on any atom is 0.291 e. The Hall–Kier alpha value is -4.13. The van der Waals surface area contributed by atoms with Gasteiger partial charge in [-0.15, -0.1) is 0 Å². The van der Waals surface area contributed by atoms with Crippen molar-refractivity contribution >= 4 is 28.8 Å². The van der Waals surface area contributed by atoms with E-state index in [1.165, 1.54) is 12.3 Å². The molecular weight excluding hydrogens is 380 g/mol. The van der Waals surface area contributed by atoms with Gasteiger partial charge in [0.25, 0.3) is 11.8 Å². The minimum absolute atomic E-state index is 0.114. The van der Waals surface area contributed by atoms with Crippen LogP contribution in [0, 0.1) is 0 Å². The molecule has 0 radical (unpaired) electrons. The summed E-state index contributed by atoms with van der Waals surface area (Å²) in [5, 5.41) is 6.62. The molecule has 0 unspecified atom stereocenters. The van der Waals surface area contributed by atoms with Gasteiger partial charge in [0, 0.05) is 36.0 Å². The van der Waals surface area contributed by atoms with Gasteiger partial charge in [0.15, 0.2) is 5.76 Å². The highest BCUT2D eigenvalue weighted by Crippen LogP contribution is 2.17. The molecule has 2 amide bonds. The number of amides is 2. The van der Waals surface area contributed by atoms with Gasteiger partial charge in [-0.3, -0.25) is 14.6 Å². The van der Waals surface area contributed by atoms with E-state index in [4.69, 9.17) is 4.42 Å². The van der Waals surface area contributed by atoms with Crippen molar-refractivity contribution in [3.63, 3.8) is 0 Å². The van der Waals surface area contributed by atoms with Crippen LogP contribution in [0.4, 0.5) is 0 Å². The van der Waals surface area contributed by atoms with Gasteiger partial charge in [0.05, 0.1) is 6.26 Å². The third-order valence-electron chi connectivity index (χ3n) is 4.59. The van der Waals surface area contributed by atoms with Gasteiger partial charge in [-0.2, -0.15) is 0 Å². The lowest BCUT2D eigenvalue weighted by atomic mass is 10.1. The molecule has 30 heavy (non-hydrogen) atoms. The van der Waals surface area contributed by atoms with Crippen LogP contribution in [0.15, 0.2) is 83.5 Å². The summed E-state index contributed by atoms with van der Waals surface area (Å²) in [6.07, 6.45) is 8.83. The van der Waals surface area contributed by atoms with Crippen molar-refractivity contribution in [1.82, 2.24) is 20.6 Å². The number of carbonyl (C=O) groups is 2. The van der Waals surface area contributed by atoms with Gasteiger partial charge in [0.1, 0.15) is 5.70 Å². The van der Waals surface area contributed by atoms with Crippen LogP contribution in [0.2, 0.25) is 0 Å². The number of hydrogen-bond donors (Lipinski definition) is 3. The molecule has 1 aromatic carbocycles. The van der Waals surface area contributed by atoms with E-state index in [9.17, 15) is 9.59 Å². The number of aromatic amines is 1. The zero-order valence-electron chi connectivity index (χ0n) is 16.1. The first-order valence-corrected chi connectivity index (χ1v) is 9.50. The molecule has 0 spiro atoms. The van der Waals surface area contributed by atoms with Crippen molar-refractivity contribution in [2.75, 3.05) is 6.54 Å². The van der Waals surface area contributed by atoms with E-state index in [2.05, 4.69) is 20.6 Å². The summed E-state index contributed by atoms with van der Waals surface area (Å²) >= 11 is 0. The highest BCUT2D eigenvalue weighted by atomic mass is 16.3. The van der Waals surface area contributed by atoms with Crippen molar-refractivity contribution in [1.29, 1.82) is 0 Å². The predicted octanol–water partition coefficient (Wildman–Crippen LogP) is 3.29. The Morgan fingerprint density at radius 2 is 2.00 bits per heavy atom.